The number of nitrogens with zero attached hydrogens (tertiary/aromatic N) is 1. The summed E-state index contributed by atoms with van der Waals surface area (Å²) in [6.45, 7) is 0.929. The number of hydrogen-bond acceptors (Lipinski definition) is 4. The number of thioether (sulfide) groups is 1. The minimum atomic E-state index is -0.948. The van der Waals surface area contributed by atoms with Crippen LogP contribution in [0, 0.1) is 16.7 Å². The molecular formula is C14H16N2O2S. The van der Waals surface area contributed by atoms with Gasteiger partial charge in [-0.05, 0) is 43.4 Å². The summed E-state index contributed by atoms with van der Waals surface area (Å²) in [6.07, 6.45) is 2.91. The number of ether oxygens (including phenoxy) is 1. The molecule has 0 aromatic heterocycles. The van der Waals surface area contributed by atoms with E-state index in [9.17, 15) is 10.1 Å². The number of rotatable bonds is 3. The Labute approximate surface area is 117 Å². The summed E-state index contributed by atoms with van der Waals surface area (Å²) in [7, 11) is 0. The van der Waals surface area contributed by atoms with Crippen LogP contribution in [0.5, 0.6) is 0 Å². The van der Waals surface area contributed by atoms with Crippen molar-refractivity contribution in [1.82, 2.24) is 0 Å². The Bertz CT molecular complexity index is 487. The highest BCUT2D eigenvalue weighted by Crippen LogP contribution is 2.31. The molecule has 0 unspecified atom stereocenters. The zero-order valence-corrected chi connectivity index (χ0v) is 11.6. The van der Waals surface area contributed by atoms with Crippen LogP contribution in [0.3, 0.4) is 0 Å². The summed E-state index contributed by atoms with van der Waals surface area (Å²) in [6, 6.07) is 9.77. The van der Waals surface area contributed by atoms with Gasteiger partial charge in [0.1, 0.15) is 5.41 Å². The lowest BCUT2D eigenvalue weighted by Gasteiger charge is -2.29. The van der Waals surface area contributed by atoms with Crippen molar-refractivity contribution in [2.45, 2.75) is 17.7 Å². The monoisotopic (exact) mass is 276 g/mol. The molecule has 1 saturated heterocycles. The van der Waals surface area contributed by atoms with Gasteiger partial charge in [0, 0.05) is 23.8 Å². The largest absolute Gasteiger partial charge is 0.381 e. The fourth-order valence-electron chi connectivity index (χ4n) is 2.03. The lowest BCUT2D eigenvalue weighted by molar-refractivity contribution is -0.126. The number of carbonyl (C=O) groups excluding carboxylic acids is 1. The van der Waals surface area contributed by atoms with Gasteiger partial charge in [-0.3, -0.25) is 4.79 Å². The molecule has 0 bridgehead atoms. The molecule has 2 rings (SSSR count). The van der Waals surface area contributed by atoms with Gasteiger partial charge in [0.05, 0.1) is 6.07 Å². The molecule has 0 aliphatic carbocycles. The van der Waals surface area contributed by atoms with E-state index < -0.39 is 5.41 Å². The zero-order valence-electron chi connectivity index (χ0n) is 10.8. The Hall–Kier alpha value is -1.51. The first-order chi connectivity index (χ1) is 9.20. The summed E-state index contributed by atoms with van der Waals surface area (Å²) in [5, 5.41) is 12.1. The van der Waals surface area contributed by atoms with Gasteiger partial charge in [-0.15, -0.1) is 11.8 Å². The Balaban J connectivity index is 2.08. The molecule has 4 nitrogen and oxygen atoms in total. The van der Waals surface area contributed by atoms with Crippen LogP contribution in [0.4, 0.5) is 5.69 Å². The number of carbonyl (C=O) groups is 1. The fourth-order valence-corrected chi connectivity index (χ4v) is 2.44. The van der Waals surface area contributed by atoms with Gasteiger partial charge in [-0.2, -0.15) is 5.26 Å². The first kappa shape index (κ1) is 13.9. The molecule has 1 aliphatic heterocycles. The molecular weight excluding hydrogens is 260 g/mol. The SMILES string of the molecule is CSc1ccc(NC(=O)C2(C#N)CCOCC2)cc1. The first-order valence-electron chi connectivity index (χ1n) is 6.15. The van der Waals surface area contributed by atoms with E-state index in [0.29, 0.717) is 26.1 Å². The molecule has 1 heterocycles. The minimum Gasteiger partial charge on any atom is -0.381 e. The summed E-state index contributed by atoms with van der Waals surface area (Å²) < 4.78 is 5.22. The standard InChI is InChI=1S/C14H16N2O2S/c1-19-12-4-2-11(3-5-12)16-13(17)14(10-15)6-8-18-9-7-14/h2-5H,6-9H2,1H3,(H,16,17). The lowest BCUT2D eigenvalue weighted by Crippen LogP contribution is -2.39. The molecule has 100 valence electrons. The minimum absolute atomic E-state index is 0.227. The average molecular weight is 276 g/mol. The van der Waals surface area contributed by atoms with Crippen molar-refractivity contribution in [1.29, 1.82) is 5.26 Å². The molecule has 1 amide bonds. The molecule has 1 aromatic rings. The lowest BCUT2D eigenvalue weighted by atomic mass is 9.81. The van der Waals surface area contributed by atoms with Crippen LogP contribution >= 0.6 is 11.8 Å². The molecule has 1 aromatic carbocycles. The van der Waals surface area contributed by atoms with Crippen molar-refractivity contribution in [2.75, 3.05) is 24.8 Å². The summed E-state index contributed by atoms with van der Waals surface area (Å²) in [5.74, 6) is -0.227. The third kappa shape index (κ3) is 3.09. The maximum atomic E-state index is 12.3. The van der Waals surface area contributed by atoms with Crippen molar-refractivity contribution in [3.05, 3.63) is 24.3 Å². The quantitative estimate of drug-likeness (QED) is 0.862. The second-order valence-electron chi connectivity index (χ2n) is 4.49. The number of amides is 1. The maximum absolute atomic E-state index is 12.3. The van der Waals surface area contributed by atoms with Crippen molar-refractivity contribution in [3.63, 3.8) is 0 Å². The van der Waals surface area contributed by atoms with E-state index in [1.165, 1.54) is 0 Å². The van der Waals surface area contributed by atoms with Crippen LogP contribution in [0.2, 0.25) is 0 Å². The average Bonchev–Trinajstić information content (AvgIpc) is 2.48. The highest BCUT2D eigenvalue weighted by Gasteiger charge is 2.40. The van der Waals surface area contributed by atoms with E-state index in [1.807, 2.05) is 30.5 Å². The van der Waals surface area contributed by atoms with E-state index >= 15 is 0 Å². The Morgan fingerprint density at radius 1 is 1.37 bits per heavy atom. The molecule has 1 aliphatic rings. The van der Waals surface area contributed by atoms with Gasteiger partial charge in [-0.25, -0.2) is 0 Å². The van der Waals surface area contributed by atoms with Crippen LogP contribution in [0.15, 0.2) is 29.2 Å². The first-order valence-corrected chi connectivity index (χ1v) is 7.37. The third-order valence-electron chi connectivity index (χ3n) is 3.34. The van der Waals surface area contributed by atoms with E-state index in [-0.39, 0.29) is 5.91 Å². The predicted molar refractivity (Wildman–Crippen MR) is 75.0 cm³/mol. The maximum Gasteiger partial charge on any atom is 0.245 e. The number of anilines is 1. The van der Waals surface area contributed by atoms with Gasteiger partial charge >= 0.3 is 0 Å². The van der Waals surface area contributed by atoms with Crippen LogP contribution < -0.4 is 5.32 Å². The van der Waals surface area contributed by atoms with Crippen molar-refractivity contribution >= 4 is 23.4 Å². The topological polar surface area (TPSA) is 62.1 Å². The third-order valence-corrected chi connectivity index (χ3v) is 4.09. The van der Waals surface area contributed by atoms with Gasteiger partial charge in [-0.1, -0.05) is 0 Å². The van der Waals surface area contributed by atoms with Crippen LogP contribution in [0.1, 0.15) is 12.8 Å². The fraction of sp³-hybridized carbons (Fsp3) is 0.429. The Morgan fingerprint density at radius 3 is 2.53 bits per heavy atom. The van der Waals surface area contributed by atoms with Crippen molar-refractivity contribution < 1.29 is 9.53 Å². The Kier molecular flexibility index (Phi) is 4.46. The highest BCUT2D eigenvalue weighted by atomic mass is 32.2. The van der Waals surface area contributed by atoms with Crippen molar-refractivity contribution in [2.24, 2.45) is 5.41 Å². The van der Waals surface area contributed by atoms with E-state index in [4.69, 9.17) is 4.74 Å². The Morgan fingerprint density at radius 2 is 2.00 bits per heavy atom. The molecule has 0 spiro atoms. The molecule has 1 N–H and O–H groups in total. The number of benzene rings is 1. The molecule has 0 saturated carbocycles. The normalized spacial score (nSPS) is 17.5. The van der Waals surface area contributed by atoms with Crippen LogP contribution in [-0.4, -0.2) is 25.4 Å². The van der Waals surface area contributed by atoms with Gasteiger partial charge < -0.3 is 10.1 Å². The number of hydrogen-bond donors (Lipinski definition) is 1. The summed E-state index contributed by atoms with van der Waals surface area (Å²) >= 11 is 1.65. The van der Waals surface area contributed by atoms with Gasteiger partial charge in [0.2, 0.25) is 5.91 Å². The summed E-state index contributed by atoms with van der Waals surface area (Å²) in [4.78, 5) is 13.4. The van der Waals surface area contributed by atoms with Gasteiger partial charge in [0.25, 0.3) is 0 Å². The second kappa shape index (κ2) is 6.09. The second-order valence-corrected chi connectivity index (χ2v) is 5.37. The number of nitrogens with one attached hydrogen (secondary N) is 1. The number of nitriles is 1. The van der Waals surface area contributed by atoms with E-state index in [1.54, 1.807) is 11.8 Å². The zero-order chi connectivity index (χ0) is 13.7. The van der Waals surface area contributed by atoms with Crippen molar-refractivity contribution in [3.8, 4) is 6.07 Å². The molecule has 5 heteroatoms. The van der Waals surface area contributed by atoms with Gasteiger partial charge in [0.15, 0.2) is 0 Å². The van der Waals surface area contributed by atoms with Crippen LogP contribution in [-0.2, 0) is 9.53 Å². The predicted octanol–water partition coefficient (Wildman–Crippen LogP) is 2.67. The summed E-state index contributed by atoms with van der Waals surface area (Å²) in [5.41, 5.74) is -0.222. The van der Waals surface area contributed by atoms with E-state index in [0.717, 1.165) is 10.6 Å². The molecule has 19 heavy (non-hydrogen) atoms. The molecule has 0 atom stereocenters. The molecule has 0 radical (unpaired) electrons. The van der Waals surface area contributed by atoms with E-state index in [2.05, 4.69) is 11.4 Å². The van der Waals surface area contributed by atoms with Crippen LogP contribution in [0.25, 0.3) is 0 Å². The molecule has 1 fully saturated rings. The smallest absolute Gasteiger partial charge is 0.245 e. The highest BCUT2D eigenvalue weighted by molar-refractivity contribution is 7.98.